The average molecular weight is 252 g/mol. The van der Waals surface area contributed by atoms with Gasteiger partial charge in [0, 0.05) is 5.56 Å². The van der Waals surface area contributed by atoms with E-state index in [0.29, 0.717) is 0 Å². The number of nitrogens with zero attached hydrogens (tertiary/aromatic N) is 1. The van der Waals surface area contributed by atoms with Crippen LogP contribution in [0.5, 0.6) is 0 Å². The third-order valence-electron chi connectivity index (χ3n) is 2.52. The maximum absolute atomic E-state index is 13.3. The molecule has 96 valence electrons. The molecule has 1 N–H and O–H groups in total. The van der Waals surface area contributed by atoms with Crippen LogP contribution in [-0.4, -0.2) is 11.9 Å². The van der Waals surface area contributed by atoms with Crippen LogP contribution in [0, 0.1) is 28.9 Å². The van der Waals surface area contributed by atoms with Crippen LogP contribution >= 0.6 is 0 Å². The number of nitriles is 1. The van der Waals surface area contributed by atoms with Crippen LogP contribution in [-0.2, 0) is 11.2 Å². The summed E-state index contributed by atoms with van der Waals surface area (Å²) < 4.78 is 26.6. The van der Waals surface area contributed by atoms with Crippen molar-refractivity contribution in [3.8, 4) is 6.07 Å². The van der Waals surface area contributed by atoms with Crippen molar-refractivity contribution in [2.24, 2.45) is 5.92 Å². The van der Waals surface area contributed by atoms with E-state index < -0.39 is 30.0 Å². The van der Waals surface area contributed by atoms with Gasteiger partial charge in [-0.15, -0.1) is 0 Å². The number of nitrogens with one attached hydrogen (secondary N) is 1. The smallest absolute Gasteiger partial charge is 0.225 e. The first-order valence-electron chi connectivity index (χ1n) is 5.57. The molecular formula is C13H14F2N2O. The van der Waals surface area contributed by atoms with E-state index in [1.807, 2.05) is 6.07 Å². The molecule has 1 aromatic carbocycles. The molecule has 0 aromatic heterocycles. The van der Waals surface area contributed by atoms with Crippen molar-refractivity contribution in [3.05, 3.63) is 35.4 Å². The zero-order valence-corrected chi connectivity index (χ0v) is 10.2. The predicted molar refractivity (Wildman–Crippen MR) is 62.4 cm³/mol. The Labute approximate surface area is 104 Å². The summed E-state index contributed by atoms with van der Waals surface area (Å²) in [5.41, 5.74) is -0.282. The van der Waals surface area contributed by atoms with Crippen molar-refractivity contribution in [1.29, 1.82) is 5.26 Å². The molecule has 0 saturated carbocycles. The van der Waals surface area contributed by atoms with Gasteiger partial charge in [-0.05, 0) is 18.1 Å². The van der Waals surface area contributed by atoms with Crippen LogP contribution in [0.2, 0.25) is 0 Å². The second kappa shape index (κ2) is 6.10. The van der Waals surface area contributed by atoms with Crippen LogP contribution in [0.15, 0.2) is 18.2 Å². The minimum atomic E-state index is -0.761. The first kappa shape index (κ1) is 14.1. The highest BCUT2D eigenvalue weighted by Crippen LogP contribution is 2.12. The quantitative estimate of drug-likeness (QED) is 0.892. The zero-order valence-electron chi connectivity index (χ0n) is 10.2. The molecule has 0 aliphatic heterocycles. The fourth-order valence-corrected chi connectivity index (χ4v) is 1.43. The van der Waals surface area contributed by atoms with E-state index in [4.69, 9.17) is 5.26 Å². The van der Waals surface area contributed by atoms with Crippen LogP contribution < -0.4 is 5.32 Å². The third kappa shape index (κ3) is 3.52. The Morgan fingerprint density at radius 1 is 1.39 bits per heavy atom. The van der Waals surface area contributed by atoms with E-state index in [0.717, 1.165) is 12.1 Å². The number of hydrogen-bond acceptors (Lipinski definition) is 2. The Kier molecular flexibility index (Phi) is 4.78. The second-order valence-corrected chi connectivity index (χ2v) is 4.30. The standard InChI is InChI=1S/C13H14F2N2O/c1-8(2)12(7-16)17-13(18)6-9-10(14)4-3-5-11(9)15/h3-5,8,12H,6H2,1-2H3,(H,17,18). The van der Waals surface area contributed by atoms with E-state index in [-0.39, 0.29) is 11.5 Å². The number of amides is 1. The highest BCUT2D eigenvalue weighted by molar-refractivity contribution is 5.79. The van der Waals surface area contributed by atoms with E-state index in [1.165, 1.54) is 6.07 Å². The summed E-state index contributed by atoms with van der Waals surface area (Å²) in [4.78, 5) is 11.6. The van der Waals surface area contributed by atoms with E-state index >= 15 is 0 Å². The van der Waals surface area contributed by atoms with Gasteiger partial charge in [-0.25, -0.2) is 8.78 Å². The predicted octanol–water partition coefficient (Wildman–Crippen LogP) is 2.17. The SMILES string of the molecule is CC(C)C(C#N)NC(=O)Cc1c(F)cccc1F. The van der Waals surface area contributed by atoms with Crippen molar-refractivity contribution >= 4 is 5.91 Å². The number of carbonyl (C=O) groups excluding carboxylic acids is 1. The van der Waals surface area contributed by atoms with Gasteiger partial charge in [0.15, 0.2) is 0 Å². The topological polar surface area (TPSA) is 52.9 Å². The summed E-state index contributed by atoms with van der Waals surface area (Å²) in [6, 6.07) is 4.69. The number of rotatable bonds is 4. The Hall–Kier alpha value is -1.96. The lowest BCUT2D eigenvalue weighted by molar-refractivity contribution is -0.121. The summed E-state index contributed by atoms with van der Waals surface area (Å²) in [6.45, 7) is 3.55. The molecule has 3 nitrogen and oxygen atoms in total. The summed E-state index contributed by atoms with van der Waals surface area (Å²) >= 11 is 0. The summed E-state index contributed by atoms with van der Waals surface area (Å²) in [5, 5.41) is 11.2. The third-order valence-corrected chi connectivity index (χ3v) is 2.52. The molecule has 0 saturated heterocycles. The van der Waals surface area contributed by atoms with Gasteiger partial charge in [0.2, 0.25) is 5.91 Å². The number of hydrogen-bond donors (Lipinski definition) is 1. The molecule has 0 fully saturated rings. The molecule has 0 radical (unpaired) electrons. The Morgan fingerprint density at radius 3 is 2.39 bits per heavy atom. The van der Waals surface area contributed by atoms with Crippen molar-refractivity contribution in [2.45, 2.75) is 26.3 Å². The molecule has 1 atom stereocenters. The highest BCUT2D eigenvalue weighted by atomic mass is 19.1. The molecule has 18 heavy (non-hydrogen) atoms. The van der Waals surface area contributed by atoms with Gasteiger partial charge >= 0.3 is 0 Å². The first-order valence-corrected chi connectivity index (χ1v) is 5.57. The van der Waals surface area contributed by atoms with Gasteiger partial charge in [-0.2, -0.15) is 5.26 Å². The molecular weight excluding hydrogens is 238 g/mol. The molecule has 0 aliphatic rings. The molecule has 1 amide bonds. The fourth-order valence-electron chi connectivity index (χ4n) is 1.43. The monoisotopic (exact) mass is 252 g/mol. The van der Waals surface area contributed by atoms with Crippen molar-refractivity contribution in [2.75, 3.05) is 0 Å². The van der Waals surface area contributed by atoms with Crippen molar-refractivity contribution in [3.63, 3.8) is 0 Å². The lowest BCUT2D eigenvalue weighted by Crippen LogP contribution is -2.38. The minimum Gasteiger partial charge on any atom is -0.340 e. The molecule has 0 spiro atoms. The largest absolute Gasteiger partial charge is 0.340 e. The Morgan fingerprint density at radius 2 is 1.94 bits per heavy atom. The van der Waals surface area contributed by atoms with Crippen LogP contribution in [0.25, 0.3) is 0 Å². The highest BCUT2D eigenvalue weighted by Gasteiger charge is 2.18. The normalized spacial score (nSPS) is 12.0. The van der Waals surface area contributed by atoms with Gasteiger partial charge < -0.3 is 5.32 Å². The van der Waals surface area contributed by atoms with Gasteiger partial charge in [0.1, 0.15) is 17.7 Å². The number of carbonyl (C=O) groups is 1. The molecule has 0 heterocycles. The lowest BCUT2D eigenvalue weighted by atomic mass is 10.0. The van der Waals surface area contributed by atoms with Gasteiger partial charge in [-0.1, -0.05) is 19.9 Å². The Balaban J connectivity index is 2.74. The van der Waals surface area contributed by atoms with E-state index in [1.54, 1.807) is 13.8 Å². The molecule has 0 bridgehead atoms. The molecule has 1 rings (SSSR count). The van der Waals surface area contributed by atoms with E-state index in [9.17, 15) is 13.6 Å². The summed E-state index contributed by atoms with van der Waals surface area (Å²) in [5.74, 6) is -2.16. The van der Waals surface area contributed by atoms with Crippen LogP contribution in [0.3, 0.4) is 0 Å². The van der Waals surface area contributed by atoms with Gasteiger partial charge in [0.05, 0.1) is 12.5 Å². The van der Waals surface area contributed by atoms with Crippen LogP contribution in [0.4, 0.5) is 8.78 Å². The maximum Gasteiger partial charge on any atom is 0.225 e. The lowest BCUT2D eigenvalue weighted by Gasteiger charge is -2.15. The summed E-state index contributed by atoms with van der Waals surface area (Å²) in [7, 11) is 0. The van der Waals surface area contributed by atoms with Gasteiger partial charge in [0.25, 0.3) is 0 Å². The average Bonchev–Trinajstić information content (AvgIpc) is 2.30. The van der Waals surface area contributed by atoms with Crippen molar-refractivity contribution in [1.82, 2.24) is 5.32 Å². The second-order valence-electron chi connectivity index (χ2n) is 4.30. The Bertz CT molecular complexity index is 460. The molecule has 1 unspecified atom stereocenters. The molecule has 1 aromatic rings. The van der Waals surface area contributed by atoms with Crippen molar-refractivity contribution < 1.29 is 13.6 Å². The maximum atomic E-state index is 13.3. The zero-order chi connectivity index (χ0) is 13.7. The first-order chi connectivity index (χ1) is 8.45. The fraction of sp³-hybridized carbons (Fsp3) is 0.385. The molecule has 0 aliphatic carbocycles. The number of benzene rings is 1. The minimum absolute atomic E-state index is 0.0654. The summed E-state index contributed by atoms with van der Waals surface area (Å²) in [6.07, 6.45) is -0.413. The van der Waals surface area contributed by atoms with Crippen LogP contribution in [0.1, 0.15) is 19.4 Å². The molecule has 5 heteroatoms. The van der Waals surface area contributed by atoms with E-state index in [2.05, 4.69) is 5.32 Å². The number of halogens is 2. The van der Waals surface area contributed by atoms with Gasteiger partial charge in [-0.3, -0.25) is 4.79 Å².